The lowest BCUT2D eigenvalue weighted by molar-refractivity contribution is -0.572. The largest absolute Gasteiger partial charge is 0.588 e. The maximum Gasteiger partial charge on any atom is 0.588 e. The molecule has 0 saturated heterocycles. The molecular formula is C36H39N2O6P. The molecule has 0 bridgehead atoms. The first-order valence-electron chi connectivity index (χ1n) is 14.8. The Bertz CT molecular complexity index is 1490. The second kappa shape index (κ2) is 15.5. The zero-order valence-electron chi connectivity index (χ0n) is 25.6. The summed E-state index contributed by atoms with van der Waals surface area (Å²) in [6.45, 7) is 3.66. The Morgan fingerprint density at radius 2 is 1.22 bits per heavy atom. The van der Waals surface area contributed by atoms with E-state index in [0.29, 0.717) is 25.9 Å². The van der Waals surface area contributed by atoms with Crippen molar-refractivity contribution in [1.29, 1.82) is 0 Å². The average molecular weight is 627 g/mol. The normalized spacial score (nSPS) is 12.6. The monoisotopic (exact) mass is 626 g/mol. The summed E-state index contributed by atoms with van der Waals surface area (Å²) in [6.07, 6.45) is 5.60. The molecule has 0 aliphatic carbocycles. The molecule has 0 heterocycles. The van der Waals surface area contributed by atoms with Crippen LogP contribution in [-0.4, -0.2) is 29.7 Å². The van der Waals surface area contributed by atoms with Gasteiger partial charge in [0.15, 0.2) is 0 Å². The van der Waals surface area contributed by atoms with E-state index >= 15 is 0 Å². The molecule has 8 nitrogen and oxygen atoms in total. The molecule has 0 amide bonds. The van der Waals surface area contributed by atoms with Crippen molar-refractivity contribution in [1.82, 2.24) is 5.32 Å². The summed E-state index contributed by atoms with van der Waals surface area (Å²) >= 11 is 0. The van der Waals surface area contributed by atoms with Crippen molar-refractivity contribution in [3.63, 3.8) is 0 Å². The Morgan fingerprint density at radius 1 is 0.800 bits per heavy atom. The van der Waals surface area contributed by atoms with Gasteiger partial charge in [0.2, 0.25) is 5.54 Å². The standard InChI is InChI=1S/C36H39N2O6P/c1-4-25-37-29-36(26-30-17-9-5-10-18-30,27-31-19-11-6-12-20-31)28-34(35(2,3)38(39)40)44-45(41,42-32-21-13-7-14-22-32)43-33-23-15-8-16-24-33/h1,5-24,34,37H,25-29H2,2-3H3/t34-/m1/s1. The van der Waals surface area contributed by atoms with E-state index in [9.17, 15) is 14.7 Å². The molecule has 0 aromatic heterocycles. The summed E-state index contributed by atoms with van der Waals surface area (Å²) in [5, 5.41) is 16.0. The van der Waals surface area contributed by atoms with Gasteiger partial charge in [-0.3, -0.25) is 14.6 Å². The third kappa shape index (κ3) is 9.79. The van der Waals surface area contributed by atoms with Gasteiger partial charge in [-0.1, -0.05) is 103 Å². The van der Waals surface area contributed by atoms with Crippen molar-refractivity contribution in [3.05, 3.63) is 143 Å². The minimum Gasteiger partial charge on any atom is -0.395 e. The zero-order chi connectivity index (χ0) is 32.2. The molecule has 0 unspecified atom stereocenters. The van der Waals surface area contributed by atoms with Gasteiger partial charge in [0, 0.05) is 25.3 Å². The Hall–Kier alpha value is -4.41. The van der Waals surface area contributed by atoms with Crippen LogP contribution in [0.3, 0.4) is 0 Å². The van der Waals surface area contributed by atoms with E-state index < -0.39 is 29.8 Å². The van der Waals surface area contributed by atoms with Crippen molar-refractivity contribution >= 4 is 7.82 Å². The molecule has 0 fully saturated rings. The van der Waals surface area contributed by atoms with Crippen LogP contribution in [-0.2, 0) is 21.9 Å². The molecule has 1 atom stereocenters. The first kappa shape index (κ1) is 33.5. The Morgan fingerprint density at radius 3 is 1.62 bits per heavy atom. The number of nitro groups is 1. The van der Waals surface area contributed by atoms with Crippen LogP contribution in [0.1, 0.15) is 31.4 Å². The number of hydrogen-bond donors (Lipinski definition) is 1. The summed E-state index contributed by atoms with van der Waals surface area (Å²) < 4.78 is 32.7. The molecule has 45 heavy (non-hydrogen) atoms. The lowest BCUT2D eigenvalue weighted by atomic mass is 9.70. The Balaban J connectivity index is 1.81. The van der Waals surface area contributed by atoms with Gasteiger partial charge in [-0.25, -0.2) is 4.57 Å². The van der Waals surface area contributed by atoms with Gasteiger partial charge in [0.1, 0.15) is 17.6 Å². The van der Waals surface area contributed by atoms with Crippen molar-refractivity contribution in [3.8, 4) is 23.8 Å². The van der Waals surface area contributed by atoms with E-state index in [2.05, 4.69) is 11.2 Å². The highest BCUT2D eigenvalue weighted by atomic mass is 31.2. The number of phosphoric ester groups is 1. The van der Waals surface area contributed by atoms with E-state index in [1.165, 1.54) is 13.8 Å². The molecule has 1 N–H and O–H groups in total. The van der Waals surface area contributed by atoms with E-state index in [4.69, 9.17) is 20.0 Å². The minimum atomic E-state index is -4.50. The number of nitrogens with zero attached hydrogens (tertiary/aromatic N) is 1. The van der Waals surface area contributed by atoms with Gasteiger partial charge < -0.3 is 14.4 Å². The fourth-order valence-corrected chi connectivity index (χ4v) is 6.75. The van der Waals surface area contributed by atoms with E-state index in [0.717, 1.165) is 11.1 Å². The van der Waals surface area contributed by atoms with Gasteiger partial charge in [0.05, 0.1) is 6.54 Å². The van der Waals surface area contributed by atoms with E-state index in [1.54, 1.807) is 60.7 Å². The molecule has 0 spiro atoms. The van der Waals surface area contributed by atoms with Gasteiger partial charge in [0.25, 0.3) is 0 Å². The highest BCUT2D eigenvalue weighted by molar-refractivity contribution is 7.49. The second-order valence-corrected chi connectivity index (χ2v) is 13.1. The molecule has 234 valence electrons. The van der Waals surface area contributed by atoms with Crippen LogP contribution in [0.5, 0.6) is 11.5 Å². The highest BCUT2D eigenvalue weighted by Crippen LogP contribution is 2.53. The highest BCUT2D eigenvalue weighted by Gasteiger charge is 2.51. The predicted molar refractivity (Wildman–Crippen MR) is 177 cm³/mol. The second-order valence-electron chi connectivity index (χ2n) is 11.6. The number of para-hydroxylation sites is 2. The summed E-state index contributed by atoms with van der Waals surface area (Å²) in [5.74, 6) is 3.11. The van der Waals surface area contributed by atoms with Crippen molar-refractivity contribution < 1.29 is 23.1 Å². The van der Waals surface area contributed by atoms with Crippen LogP contribution in [0.4, 0.5) is 0 Å². The van der Waals surface area contributed by atoms with Crippen molar-refractivity contribution in [2.24, 2.45) is 5.41 Å². The minimum absolute atomic E-state index is 0.128. The number of phosphoric acid groups is 1. The van der Waals surface area contributed by atoms with Crippen molar-refractivity contribution in [2.75, 3.05) is 13.1 Å². The quantitative estimate of drug-likeness (QED) is 0.0420. The molecule has 0 aliphatic heterocycles. The Kier molecular flexibility index (Phi) is 11.6. The fourth-order valence-electron chi connectivity index (χ4n) is 5.23. The van der Waals surface area contributed by atoms with Gasteiger partial charge in [-0.05, 0) is 60.1 Å². The first-order valence-corrected chi connectivity index (χ1v) is 16.2. The van der Waals surface area contributed by atoms with Gasteiger partial charge in [-0.2, -0.15) is 0 Å². The third-order valence-corrected chi connectivity index (χ3v) is 9.01. The topological polar surface area (TPSA) is 99.9 Å². The lowest BCUT2D eigenvalue weighted by Gasteiger charge is -2.40. The summed E-state index contributed by atoms with van der Waals surface area (Å²) in [4.78, 5) is 12.2. The van der Waals surface area contributed by atoms with Crippen LogP contribution in [0.2, 0.25) is 0 Å². The third-order valence-electron chi connectivity index (χ3n) is 7.63. The zero-order valence-corrected chi connectivity index (χ0v) is 26.5. The molecule has 9 heteroatoms. The molecule has 4 rings (SSSR count). The van der Waals surface area contributed by atoms with Gasteiger partial charge in [-0.15, -0.1) is 6.42 Å². The Labute approximate surface area is 265 Å². The van der Waals surface area contributed by atoms with Gasteiger partial charge >= 0.3 is 7.82 Å². The van der Waals surface area contributed by atoms with Crippen LogP contribution in [0, 0.1) is 27.9 Å². The molecule has 0 aliphatic rings. The summed E-state index contributed by atoms with van der Waals surface area (Å²) in [6, 6.07) is 36.8. The molecule has 0 radical (unpaired) electrons. The maximum atomic E-state index is 14.6. The number of terminal acetylenes is 1. The molecule has 4 aromatic carbocycles. The van der Waals surface area contributed by atoms with E-state index in [1.807, 2.05) is 60.7 Å². The predicted octanol–water partition coefficient (Wildman–Crippen LogP) is 7.78. The van der Waals surface area contributed by atoms with Crippen molar-refractivity contribution in [2.45, 2.75) is 44.8 Å². The maximum absolute atomic E-state index is 14.6. The number of nitrogens with one attached hydrogen (secondary N) is 1. The smallest absolute Gasteiger partial charge is 0.395 e. The molecule has 0 saturated carbocycles. The lowest BCUT2D eigenvalue weighted by Crippen LogP contribution is -2.51. The first-order chi connectivity index (χ1) is 21.6. The van der Waals surface area contributed by atoms with Crippen LogP contribution >= 0.6 is 7.82 Å². The summed E-state index contributed by atoms with van der Waals surface area (Å²) in [5.41, 5.74) is -0.279. The fraction of sp³-hybridized carbons (Fsp3) is 0.278. The van der Waals surface area contributed by atoms with Crippen LogP contribution in [0.25, 0.3) is 0 Å². The van der Waals surface area contributed by atoms with Crippen LogP contribution < -0.4 is 14.4 Å². The van der Waals surface area contributed by atoms with Crippen LogP contribution in [0.15, 0.2) is 121 Å². The number of benzene rings is 4. The number of rotatable bonds is 17. The summed E-state index contributed by atoms with van der Waals surface area (Å²) in [7, 11) is -4.50. The molecule has 4 aromatic rings. The van der Waals surface area contributed by atoms with E-state index in [-0.39, 0.29) is 17.9 Å². The SMILES string of the molecule is C#CCNCC(Cc1ccccc1)(Cc1ccccc1)C[C@@H](OP(=O)(Oc1ccccc1)Oc1ccccc1)C(C)(C)[N+](=O)[O-]. The number of hydrogen-bond acceptors (Lipinski definition) is 7. The average Bonchev–Trinajstić information content (AvgIpc) is 3.02. The molecular weight excluding hydrogens is 587 g/mol.